The van der Waals surface area contributed by atoms with Crippen molar-refractivity contribution >= 4 is 45.1 Å². The fourth-order valence-corrected chi connectivity index (χ4v) is 5.19. The molecule has 0 unspecified atom stereocenters. The highest BCUT2D eigenvalue weighted by Gasteiger charge is 2.29. The van der Waals surface area contributed by atoms with Crippen molar-refractivity contribution < 1.29 is 19.1 Å². The Bertz CT molecular complexity index is 1730. The second kappa shape index (κ2) is 10.1. The fraction of sp³-hybridized carbons (Fsp3) is 0.212. The molecule has 0 spiro atoms. The Labute approximate surface area is 232 Å². The Hall–Kier alpha value is -4.78. The Morgan fingerprint density at radius 2 is 1.68 bits per heavy atom. The summed E-state index contributed by atoms with van der Waals surface area (Å²) in [5.41, 5.74) is 4.40. The number of anilines is 2. The minimum Gasteiger partial charge on any atom is -0.488 e. The van der Waals surface area contributed by atoms with Gasteiger partial charge in [-0.25, -0.2) is 4.79 Å². The molecule has 0 bridgehead atoms. The minimum absolute atomic E-state index is 0.110. The summed E-state index contributed by atoms with van der Waals surface area (Å²) in [6.07, 6.45) is 0.245. The first-order valence-electron chi connectivity index (χ1n) is 13.4. The van der Waals surface area contributed by atoms with E-state index >= 15 is 0 Å². The molecule has 2 heterocycles. The summed E-state index contributed by atoms with van der Waals surface area (Å²) >= 11 is 0. The molecule has 202 valence electrons. The van der Waals surface area contributed by atoms with Gasteiger partial charge in [0.15, 0.2) is 0 Å². The van der Waals surface area contributed by atoms with E-state index < -0.39 is 11.7 Å². The van der Waals surface area contributed by atoms with Crippen LogP contribution in [0.25, 0.3) is 21.7 Å². The van der Waals surface area contributed by atoms with Crippen molar-refractivity contribution in [1.29, 1.82) is 0 Å². The van der Waals surface area contributed by atoms with Crippen molar-refractivity contribution in [3.63, 3.8) is 0 Å². The SMILES string of the molecule is CC(C)(C)OC(=O)Nc1ccc2[nH]c(C(=O)N3CCc4c3cc(OCc3ccccc3)c3ccccc43)cc2c1. The van der Waals surface area contributed by atoms with Crippen molar-refractivity contribution in [2.45, 2.75) is 39.4 Å². The second-order valence-electron chi connectivity index (χ2n) is 11.0. The summed E-state index contributed by atoms with van der Waals surface area (Å²) in [7, 11) is 0. The molecule has 0 radical (unpaired) electrons. The van der Waals surface area contributed by atoms with Crippen molar-refractivity contribution in [3.8, 4) is 5.75 Å². The zero-order valence-electron chi connectivity index (χ0n) is 22.8. The van der Waals surface area contributed by atoms with Gasteiger partial charge >= 0.3 is 6.09 Å². The molecule has 2 N–H and O–H groups in total. The molecule has 5 aromatic rings. The predicted molar refractivity (Wildman–Crippen MR) is 158 cm³/mol. The maximum atomic E-state index is 13.8. The summed E-state index contributed by atoms with van der Waals surface area (Å²) in [5.74, 6) is 0.647. The highest BCUT2D eigenvalue weighted by atomic mass is 16.6. The zero-order chi connectivity index (χ0) is 27.9. The molecule has 0 saturated heterocycles. The number of amides is 2. The van der Waals surface area contributed by atoms with Gasteiger partial charge in [0, 0.05) is 34.6 Å². The number of H-pyrrole nitrogens is 1. The fourth-order valence-electron chi connectivity index (χ4n) is 5.19. The van der Waals surface area contributed by atoms with Crippen LogP contribution in [0.4, 0.5) is 16.2 Å². The van der Waals surface area contributed by atoms with Gasteiger partial charge in [-0.1, -0.05) is 54.6 Å². The van der Waals surface area contributed by atoms with Crippen molar-refractivity contribution in [3.05, 3.63) is 102 Å². The number of nitrogens with one attached hydrogen (secondary N) is 2. The molecule has 40 heavy (non-hydrogen) atoms. The van der Waals surface area contributed by atoms with Gasteiger partial charge in [0.1, 0.15) is 23.7 Å². The van der Waals surface area contributed by atoms with Crippen molar-refractivity contribution in [2.24, 2.45) is 0 Å². The standard InChI is InChI=1S/C33H31N3O4/c1-33(2,3)40-32(38)34-23-13-14-27-22(17-23)18-28(35-27)31(37)36-16-15-25-24-11-7-8-12-26(24)30(19-29(25)36)39-20-21-9-5-4-6-10-21/h4-14,17-19,35H,15-16,20H2,1-3H3,(H,34,38). The van der Waals surface area contributed by atoms with Gasteiger partial charge in [-0.2, -0.15) is 0 Å². The third kappa shape index (κ3) is 5.10. The molecule has 7 nitrogen and oxygen atoms in total. The topological polar surface area (TPSA) is 83.7 Å². The van der Waals surface area contributed by atoms with Gasteiger partial charge in [-0.3, -0.25) is 10.1 Å². The molecule has 1 aromatic heterocycles. The molecule has 6 rings (SSSR count). The number of nitrogens with zero attached hydrogens (tertiary/aromatic N) is 1. The molecule has 4 aromatic carbocycles. The Morgan fingerprint density at radius 1 is 0.925 bits per heavy atom. The van der Waals surface area contributed by atoms with Crippen LogP contribution in [-0.2, 0) is 17.8 Å². The quantitative estimate of drug-likeness (QED) is 0.246. The van der Waals surface area contributed by atoms with E-state index in [-0.39, 0.29) is 5.91 Å². The number of ether oxygens (including phenoxy) is 2. The third-order valence-corrected chi connectivity index (χ3v) is 6.95. The predicted octanol–water partition coefficient (Wildman–Crippen LogP) is 7.45. The number of aromatic amines is 1. The smallest absolute Gasteiger partial charge is 0.412 e. The minimum atomic E-state index is -0.592. The number of hydrogen-bond donors (Lipinski definition) is 2. The van der Waals surface area contributed by atoms with Crippen LogP contribution < -0.4 is 15.0 Å². The average molecular weight is 534 g/mol. The lowest BCUT2D eigenvalue weighted by atomic mass is 10.0. The van der Waals surface area contributed by atoms with E-state index in [1.54, 1.807) is 6.07 Å². The van der Waals surface area contributed by atoms with E-state index in [0.29, 0.717) is 24.5 Å². The summed E-state index contributed by atoms with van der Waals surface area (Å²) in [4.78, 5) is 31.1. The number of carbonyl (C=O) groups excluding carboxylic acids is 2. The van der Waals surface area contributed by atoms with Gasteiger partial charge in [0.05, 0.1) is 5.69 Å². The molecule has 7 heteroatoms. The maximum Gasteiger partial charge on any atom is 0.412 e. The monoisotopic (exact) mass is 533 g/mol. The molecular formula is C33H31N3O4. The van der Waals surface area contributed by atoms with Crippen LogP contribution in [0.5, 0.6) is 5.75 Å². The Morgan fingerprint density at radius 3 is 2.45 bits per heavy atom. The molecule has 1 aliphatic rings. The summed E-state index contributed by atoms with van der Waals surface area (Å²) in [5, 5.41) is 5.73. The first kappa shape index (κ1) is 25.5. The van der Waals surface area contributed by atoms with E-state index in [1.807, 2.05) is 92.4 Å². The van der Waals surface area contributed by atoms with E-state index in [4.69, 9.17) is 9.47 Å². The lowest BCUT2D eigenvalue weighted by Gasteiger charge is -2.19. The van der Waals surface area contributed by atoms with Crippen LogP contribution in [0.15, 0.2) is 84.9 Å². The highest BCUT2D eigenvalue weighted by molar-refractivity contribution is 6.11. The largest absolute Gasteiger partial charge is 0.488 e. The van der Waals surface area contributed by atoms with Crippen molar-refractivity contribution in [1.82, 2.24) is 4.98 Å². The van der Waals surface area contributed by atoms with Crippen LogP contribution in [0.3, 0.4) is 0 Å². The van der Waals surface area contributed by atoms with E-state index in [2.05, 4.69) is 22.4 Å². The van der Waals surface area contributed by atoms with Gasteiger partial charge < -0.3 is 19.4 Å². The molecule has 0 fully saturated rings. The van der Waals surface area contributed by atoms with E-state index in [9.17, 15) is 9.59 Å². The third-order valence-electron chi connectivity index (χ3n) is 6.95. The normalized spacial score (nSPS) is 12.9. The molecular weight excluding hydrogens is 502 g/mol. The lowest BCUT2D eigenvalue weighted by molar-refractivity contribution is 0.0635. The van der Waals surface area contributed by atoms with Gasteiger partial charge in [0.2, 0.25) is 0 Å². The molecule has 2 amide bonds. The van der Waals surface area contributed by atoms with Crippen LogP contribution in [0, 0.1) is 0 Å². The molecule has 0 aliphatic carbocycles. The molecule has 0 saturated carbocycles. The van der Waals surface area contributed by atoms with E-state index in [1.165, 1.54) is 0 Å². The molecule has 1 aliphatic heterocycles. The Kier molecular flexibility index (Phi) is 6.42. The number of aromatic nitrogens is 1. The number of fused-ring (bicyclic) bond motifs is 4. The number of rotatable bonds is 5. The van der Waals surface area contributed by atoms with Gasteiger partial charge in [-0.05, 0) is 68.0 Å². The summed E-state index contributed by atoms with van der Waals surface area (Å²) in [6.45, 7) is 6.48. The lowest BCUT2D eigenvalue weighted by Crippen LogP contribution is -2.29. The first-order valence-corrected chi connectivity index (χ1v) is 13.4. The van der Waals surface area contributed by atoms with Crippen LogP contribution >= 0.6 is 0 Å². The summed E-state index contributed by atoms with van der Waals surface area (Å²) < 4.78 is 11.6. The Balaban J connectivity index is 1.28. The summed E-state index contributed by atoms with van der Waals surface area (Å²) in [6, 6.07) is 27.5. The first-order chi connectivity index (χ1) is 19.2. The average Bonchev–Trinajstić information content (AvgIpc) is 3.55. The zero-order valence-corrected chi connectivity index (χ0v) is 22.8. The van der Waals surface area contributed by atoms with E-state index in [0.717, 1.165) is 50.7 Å². The second-order valence-corrected chi connectivity index (χ2v) is 11.0. The van der Waals surface area contributed by atoms with Crippen LogP contribution in [0.1, 0.15) is 42.4 Å². The van der Waals surface area contributed by atoms with Crippen LogP contribution in [-0.4, -0.2) is 29.1 Å². The number of hydrogen-bond acceptors (Lipinski definition) is 4. The maximum absolute atomic E-state index is 13.8. The number of carbonyl (C=O) groups is 2. The molecule has 0 atom stereocenters. The van der Waals surface area contributed by atoms with Gasteiger partial charge in [0.25, 0.3) is 5.91 Å². The van der Waals surface area contributed by atoms with Gasteiger partial charge in [-0.15, -0.1) is 0 Å². The number of benzene rings is 4. The van der Waals surface area contributed by atoms with Crippen molar-refractivity contribution in [2.75, 3.05) is 16.8 Å². The van der Waals surface area contributed by atoms with Crippen LogP contribution in [0.2, 0.25) is 0 Å². The highest BCUT2D eigenvalue weighted by Crippen LogP contribution is 2.41.